The number of hydrogen-bond donors (Lipinski definition) is 1. The minimum atomic E-state index is -0.383. The number of benzene rings is 3. The maximum atomic E-state index is 12.3. The summed E-state index contributed by atoms with van der Waals surface area (Å²) < 4.78 is 5.60. The van der Waals surface area contributed by atoms with Crippen molar-refractivity contribution in [3.05, 3.63) is 83.4 Å². The van der Waals surface area contributed by atoms with E-state index in [1.54, 1.807) is 0 Å². The maximum absolute atomic E-state index is 12.3. The summed E-state index contributed by atoms with van der Waals surface area (Å²) in [5.41, 5.74) is 6.64. The molecule has 3 aromatic carbocycles. The molecule has 0 fully saturated rings. The zero-order valence-electron chi connectivity index (χ0n) is 22.4. The average molecular weight is 512 g/mol. The van der Waals surface area contributed by atoms with Crippen LogP contribution >= 0.6 is 0 Å². The summed E-state index contributed by atoms with van der Waals surface area (Å²) in [6.45, 7) is 4.62. The Labute approximate surface area is 225 Å². The second-order valence-electron chi connectivity index (χ2n) is 10.1. The minimum absolute atomic E-state index is 0.126. The van der Waals surface area contributed by atoms with Crippen molar-refractivity contribution in [2.24, 2.45) is 10.2 Å². The molecule has 38 heavy (non-hydrogen) atoms. The van der Waals surface area contributed by atoms with Crippen LogP contribution in [0.15, 0.2) is 77.0 Å². The Bertz CT molecular complexity index is 1280. The molecule has 0 aromatic heterocycles. The predicted octanol–water partition coefficient (Wildman–Crippen LogP) is 7.67. The van der Waals surface area contributed by atoms with Gasteiger partial charge in [0.1, 0.15) is 11.9 Å². The average Bonchev–Trinajstić information content (AvgIpc) is 2.94. The highest BCUT2D eigenvalue weighted by Gasteiger charge is 2.35. The van der Waals surface area contributed by atoms with Crippen LogP contribution < -0.4 is 15.0 Å². The molecule has 5 rings (SSSR count). The van der Waals surface area contributed by atoms with Crippen molar-refractivity contribution in [2.45, 2.75) is 58.2 Å². The van der Waals surface area contributed by atoms with E-state index in [1.165, 1.54) is 30.4 Å². The Balaban J connectivity index is 1.27. The summed E-state index contributed by atoms with van der Waals surface area (Å²) in [6, 6.07) is 22.2. The molecule has 0 aliphatic carbocycles. The van der Waals surface area contributed by atoms with Crippen LogP contribution in [-0.4, -0.2) is 31.1 Å². The van der Waals surface area contributed by atoms with Gasteiger partial charge in [-0.1, -0.05) is 56.9 Å². The van der Waals surface area contributed by atoms with Crippen LogP contribution in [0.25, 0.3) is 0 Å². The van der Waals surface area contributed by atoms with Crippen molar-refractivity contribution in [1.82, 2.24) is 10.2 Å². The first-order valence-corrected chi connectivity index (χ1v) is 13.8. The van der Waals surface area contributed by atoms with E-state index in [4.69, 9.17) is 4.74 Å². The molecule has 0 saturated heterocycles. The van der Waals surface area contributed by atoms with E-state index in [0.29, 0.717) is 12.3 Å². The highest BCUT2D eigenvalue weighted by atomic mass is 16.6. The SMILES string of the molecule is CCCCCCCNC(=O)Oc1ccc2c(c1)CN1CCc3ccc(N=Nc4ccccc4)cc3C1N2C. The standard InChI is InChI=1S/C31H37N5O2/c1-3-4-5-6-10-18-32-31(37)38-27-15-16-29-24(20-27)22-36-19-17-23-13-14-26(21-28(23)30(36)35(29)2)34-33-25-11-8-7-9-12-25/h7-9,11-16,20-21,30H,3-6,10,17-19,22H2,1-2H3,(H,32,37). The molecular formula is C31H37N5O2. The van der Waals surface area contributed by atoms with Gasteiger partial charge in [0, 0.05) is 32.4 Å². The number of anilines is 1. The van der Waals surface area contributed by atoms with Crippen molar-refractivity contribution in [3.63, 3.8) is 0 Å². The quantitative estimate of drug-likeness (QED) is 0.236. The lowest BCUT2D eigenvalue weighted by Crippen LogP contribution is -2.47. The van der Waals surface area contributed by atoms with Crippen LogP contribution in [0, 0.1) is 0 Å². The number of carbonyl (C=O) groups is 1. The van der Waals surface area contributed by atoms with Crippen LogP contribution in [0.2, 0.25) is 0 Å². The van der Waals surface area contributed by atoms with Crippen molar-refractivity contribution in [2.75, 3.05) is 25.0 Å². The summed E-state index contributed by atoms with van der Waals surface area (Å²) in [7, 11) is 2.13. The lowest BCUT2D eigenvalue weighted by molar-refractivity contribution is 0.163. The van der Waals surface area contributed by atoms with Gasteiger partial charge in [0.2, 0.25) is 0 Å². The summed E-state index contributed by atoms with van der Waals surface area (Å²) in [5, 5.41) is 11.8. The number of ether oxygens (including phenoxy) is 1. The number of amides is 1. The number of rotatable bonds is 9. The highest BCUT2D eigenvalue weighted by molar-refractivity contribution is 5.71. The molecule has 1 unspecified atom stereocenters. The van der Waals surface area contributed by atoms with Gasteiger partial charge in [0.25, 0.3) is 0 Å². The molecular weight excluding hydrogens is 474 g/mol. The number of hydrogen-bond acceptors (Lipinski definition) is 6. The van der Waals surface area contributed by atoms with Gasteiger partial charge in [-0.2, -0.15) is 10.2 Å². The van der Waals surface area contributed by atoms with Gasteiger partial charge in [-0.15, -0.1) is 0 Å². The Kier molecular flexibility index (Phi) is 8.34. The molecule has 2 heterocycles. The maximum Gasteiger partial charge on any atom is 0.412 e. The third-order valence-electron chi connectivity index (χ3n) is 7.39. The molecule has 0 radical (unpaired) electrons. The van der Waals surface area contributed by atoms with E-state index in [0.717, 1.165) is 55.0 Å². The smallest absolute Gasteiger partial charge is 0.410 e. The zero-order valence-corrected chi connectivity index (χ0v) is 22.4. The van der Waals surface area contributed by atoms with Crippen LogP contribution in [0.1, 0.15) is 61.9 Å². The van der Waals surface area contributed by atoms with Crippen LogP contribution in [0.5, 0.6) is 5.75 Å². The number of nitrogens with zero attached hydrogens (tertiary/aromatic N) is 4. The third kappa shape index (κ3) is 6.05. The molecule has 3 aromatic rings. The number of unbranched alkanes of at least 4 members (excludes halogenated alkanes) is 4. The number of azo groups is 1. The van der Waals surface area contributed by atoms with E-state index >= 15 is 0 Å². The molecule has 2 aliphatic heterocycles. The molecule has 0 saturated carbocycles. The molecule has 2 aliphatic rings. The first-order valence-electron chi connectivity index (χ1n) is 13.8. The van der Waals surface area contributed by atoms with Crippen LogP contribution in [0.4, 0.5) is 21.9 Å². The van der Waals surface area contributed by atoms with Gasteiger partial charge < -0.3 is 15.0 Å². The molecule has 0 spiro atoms. The fourth-order valence-electron chi connectivity index (χ4n) is 5.43. The number of carbonyl (C=O) groups excluding carboxylic acids is 1. The predicted molar refractivity (Wildman–Crippen MR) is 152 cm³/mol. The Hall–Kier alpha value is -3.71. The zero-order chi connectivity index (χ0) is 26.3. The molecule has 7 heteroatoms. The van der Waals surface area contributed by atoms with Gasteiger partial charge in [0.15, 0.2) is 0 Å². The third-order valence-corrected chi connectivity index (χ3v) is 7.39. The lowest BCUT2D eigenvalue weighted by Gasteiger charge is -2.47. The molecule has 198 valence electrons. The molecule has 7 nitrogen and oxygen atoms in total. The molecule has 0 bridgehead atoms. The minimum Gasteiger partial charge on any atom is -0.410 e. The van der Waals surface area contributed by atoms with Gasteiger partial charge in [0.05, 0.1) is 11.4 Å². The second-order valence-corrected chi connectivity index (χ2v) is 10.1. The largest absolute Gasteiger partial charge is 0.412 e. The fraction of sp³-hybridized carbons (Fsp3) is 0.387. The summed E-state index contributed by atoms with van der Waals surface area (Å²) >= 11 is 0. The van der Waals surface area contributed by atoms with E-state index in [2.05, 4.69) is 63.6 Å². The van der Waals surface area contributed by atoms with Gasteiger partial charge in [-0.3, -0.25) is 4.90 Å². The van der Waals surface area contributed by atoms with Crippen molar-refractivity contribution in [1.29, 1.82) is 0 Å². The summed E-state index contributed by atoms with van der Waals surface area (Å²) in [4.78, 5) is 17.1. The van der Waals surface area contributed by atoms with E-state index in [9.17, 15) is 4.79 Å². The van der Waals surface area contributed by atoms with Crippen molar-refractivity contribution < 1.29 is 9.53 Å². The highest BCUT2D eigenvalue weighted by Crippen LogP contribution is 2.43. The topological polar surface area (TPSA) is 69.5 Å². The monoisotopic (exact) mass is 511 g/mol. The Morgan fingerprint density at radius 1 is 0.947 bits per heavy atom. The van der Waals surface area contributed by atoms with Crippen molar-refractivity contribution >= 4 is 23.2 Å². The van der Waals surface area contributed by atoms with Gasteiger partial charge in [-0.05, 0) is 72.0 Å². The molecule has 1 amide bonds. The molecule has 1 atom stereocenters. The Morgan fingerprint density at radius 3 is 2.61 bits per heavy atom. The Morgan fingerprint density at radius 2 is 1.76 bits per heavy atom. The first-order chi connectivity index (χ1) is 18.6. The normalized spacial score (nSPS) is 16.6. The van der Waals surface area contributed by atoms with Crippen molar-refractivity contribution in [3.8, 4) is 5.75 Å². The fourth-order valence-corrected chi connectivity index (χ4v) is 5.43. The second kappa shape index (κ2) is 12.2. The van der Waals surface area contributed by atoms with E-state index in [1.807, 2.05) is 42.5 Å². The van der Waals surface area contributed by atoms with Crippen LogP contribution in [0.3, 0.4) is 0 Å². The van der Waals surface area contributed by atoms with Crippen LogP contribution in [-0.2, 0) is 13.0 Å². The van der Waals surface area contributed by atoms with E-state index < -0.39 is 0 Å². The van der Waals surface area contributed by atoms with Gasteiger partial charge in [-0.25, -0.2) is 4.79 Å². The van der Waals surface area contributed by atoms with E-state index in [-0.39, 0.29) is 12.3 Å². The summed E-state index contributed by atoms with van der Waals surface area (Å²) in [5.74, 6) is 0.583. The lowest BCUT2D eigenvalue weighted by atomic mass is 9.92. The number of fused-ring (bicyclic) bond motifs is 4. The summed E-state index contributed by atoms with van der Waals surface area (Å²) in [6.07, 6.45) is 6.53. The number of nitrogens with one attached hydrogen (secondary N) is 1. The van der Waals surface area contributed by atoms with Gasteiger partial charge >= 0.3 is 6.09 Å². The molecule has 1 N–H and O–H groups in total. The first kappa shape index (κ1) is 25.9.